The second-order valence-corrected chi connectivity index (χ2v) is 3.16. The van der Waals surface area contributed by atoms with Crippen LogP contribution in [0.5, 0.6) is 0 Å². The maximum absolute atomic E-state index is 10.8. The number of carbonyl (C=O) groups is 2. The van der Waals surface area contributed by atoms with Crippen molar-refractivity contribution >= 4 is 35.1 Å². The van der Waals surface area contributed by atoms with Gasteiger partial charge in [0.1, 0.15) is 0 Å². The van der Waals surface area contributed by atoms with Crippen LogP contribution in [0.4, 0.5) is 0 Å². The van der Waals surface area contributed by atoms with Crippen LogP contribution in [0, 0.1) is 0 Å². The minimum absolute atomic E-state index is 0.571. The summed E-state index contributed by atoms with van der Waals surface area (Å²) in [4.78, 5) is 20.4. The Balaban J connectivity index is 4.13. The lowest BCUT2D eigenvalue weighted by Gasteiger charge is -2.13. The number of aliphatic hydroxyl groups is 1. The van der Waals surface area contributed by atoms with E-state index in [0.29, 0.717) is 0 Å². The highest BCUT2D eigenvalue weighted by Crippen LogP contribution is 2.01. The van der Waals surface area contributed by atoms with E-state index in [-0.39, 0.29) is 0 Å². The Labute approximate surface area is 85.0 Å². The van der Waals surface area contributed by atoms with E-state index in [4.69, 9.17) is 28.3 Å². The zero-order valence-corrected chi connectivity index (χ0v) is 8.30. The number of ether oxygens (including phenoxy) is 1. The fourth-order valence-electron chi connectivity index (χ4n) is 0.556. The first kappa shape index (κ1) is 12.5. The number of carbonyl (C=O) groups excluding carboxylic acids is 2. The summed E-state index contributed by atoms with van der Waals surface area (Å²) < 4.78 is 4.28. The molecule has 0 saturated carbocycles. The van der Waals surface area contributed by atoms with Crippen molar-refractivity contribution in [2.75, 3.05) is 13.7 Å². The second-order valence-electron chi connectivity index (χ2n) is 2.07. The molecular weight excluding hydrogens is 221 g/mol. The number of rotatable bonds is 4. The van der Waals surface area contributed by atoms with Crippen LogP contribution in [0.15, 0.2) is 0 Å². The number of amides is 1. The topological polar surface area (TPSA) is 75.6 Å². The van der Waals surface area contributed by atoms with Gasteiger partial charge in [0.15, 0.2) is 10.9 Å². The Hall–Kier alpha value is -0.520. The minimum atomic E-state index is -1.28. The van der Waals surface area contributed by atoms with Crippen molar-refractivity contribution in [3.05, 3.63) is 0 Å². The molecule has 0 aliphatic rings. The van der Waals surface area contributed by atoms with Gasteiger partial charge in [-0.05, 0) is 0 Å². The Morgan fingerprint density at radius 2 is 2.08 bits per heavy atom. The Kier molecular flexibility index (Phi) is 5.77. The fourth-order valence-corrected chi connectivity index (χ4v) is 0.682. The lowest BCUT2D eigenvalue weighted by Crippen LogP contribution is -2.45. The summed E-state index contributed by atoms with van der Waals surface area (Å²) in [5.41, 5.74) is 0. The molecule has 0 saturated heterocycles. The third-order valence-corrected chi connectivity index (χ3v) is 1.58. The molecule has 0 bridgehead atoms. The molecule has 0 radical (unpaired) electrons. The molecule has 0 aromatic rings. The molecule has 13 heavy (non-hydrogen) atoms. The molecule has 0 aromatic heterocycles. The smallest absolute Gasteiger partial charge is 0.330 e. The summed E-state index contributed by atoms with van der Waals surface area (Å²) >= 11 is 10.4. The summed E-state index contributed by atoms with van der Waals surface area (Å²) in [6.45, 7) is -0.571. The average molecular weight is 230 g/mol. The van der Waals surface area contributed by atoms with E-state index in [0.717, 1.165) is 7.11 Å². The van der Waals surface area contributed by atoms with E-state index in [1.807, 2.05) is 0 Å². The van der Waals surface area contributed by atoms with Gasteiger partial charge in [-0.3, -0.25) is 4.79 Å². The molecule has 0 aromatic carbocycles. The van der Waals surface area contributed by atoms with E-state index in [1.54, 1.807) is 0 Å². The van der Waals surface area contributed by atoms with E-state index in [1.165, 1.54) is 0 Å². The number of aliphatic hydroxyl groups excluding tert-OH is 1. The van der Waals surface area contributed by atoms with Gasteiger partial charge in [-0.25, -0.2) is 4.79 Å². The summed E-state index contributed by atoms with van der Waals surface area (Å²) in [7, 11) is 1.13. The first-order chi connectivity index (χ1) is 6.02. The molecule has 0 rings (SSSR count). The van der Waals surface area contributed by atoms with Gasteiger partial charge in [-0.15, -0.1) is 0 Å². The minimum Gasteiger partial charge on any atom is -0.467 e. The molecular formula is C6H9Cl2NO4. The van der Waals surface area contributed by atoms with Gasteiger partial charge in [0.05, 0.1) is 13.7 Å². The van der Waals surface area contributed by atoms with Gasteiger partial charge in [0.2, 0.25) is 0 Å². The number of hydrogen-bond acceptors (Lipinski definition) is 4. The maximum Gasteiger partial charge on any atom is 0.330 e. The second kappa shape index (κ2) is 6.01. The highest BCUT2D eigenvalue weighted by Gasteiger charge is 2.22. The number of nitrogens with one attached hydrogen (secondary N) is 1. The van der Waals surface area contributed by atoms with Crippen molar-refractivity contribution in [2.24, 2.45) is 0 Å². The molecule has 0 aliphatic carbocycles. The highest BCUT2D eigenvalue weighted by atomic mass is 35.5. The summed E-state index contributed by atoms with van der Waals surface area (Å²) in [6.07, 6.45) is 0. The Morgan fingerprint density at radius 1 is 1.54 bits per heavy atom. The van der Waals surface area contributed by atoms with E-state index < -0.39 is 29.4 Å². The standard InChI is InChI=1S/C6H9Cl2NO4/c1-13-6(12)3(2-10)9-5(11)4(7)8/h3-4,10H,2H2,1H3,(H,9,11). The SMILES string of the molecule is COC(=O)C(CO)NC(=O)C(Cl)Cl. The predicted octanol–water partition coefficient (Wildman–Crippen LogP) is -0.560. The molecule has 2 N–H and O–H groups in total. The lowest BCUT2D eigenvalue weighted by molar-refractivity contribution is -0.146. The van der Waals surface area contributed by atoms with Crippen LogP contribution in [0.2, 0.25) is 0 Å². The molecule has 1 amide bonds. The molecule has 1 unspecified atom stereocenters. The van der Waals surface area contributed by atoms with E-state index in [2.05, 4.69) is 10.1 Å². The van der Waals surface area contributed by atoms with Crippen molar-refractivity contribution in [1.29, 1.82) is 0 Å². The average Bonchev–Trinajstić information content (AvgIpc) is 2.12. The summed E-state index contributed by atoms with van der Waals surface area (Å²) in [5, 5.41) is 10.7. The van der Waals surface area contributed by atoms with Crippen molar-refractivity contribution in [2.45, 2.75) is 10.9 Å². The zero-order chi connectivity index (χ0) is 10.4. The van der Waals surface area contributed by atoms with Crippen molar-refractivity contribution in [3.63, 3.8) is 0 Å². The van der Waals surface area contributed by atoms with Crippen LogP contribution in [0.1, 0.15) is 0 Å². The largest absolute Gasteiger partial charge is 0.467 e. The summed E-state index contributed by atoms with van der Waals surface area (Å²) in [5.74, 6) is -1.52. The van der Waals surface area contributed by atoms with Crippen LogP contribution in [0.25, 0.3) is 0 Å². The molecule has 0 fully saturated rings. The number of esters is 1. The maximum atomic E-state index is 10.8. The van der Waals surface area contributed by atoms with Crippen molar-refractivity contribution in [1.82, 2.24) is 5.32 Å². The molecule has 76 valence electrons. The van der Waals surface area contributed by atoms with Gasteiger partial charge in [0, 0.05) is 0 Å². The molecule has 0 aliphatic heterocycles. The third kappa shape index (κ3) is 4.31. The van der Waals surface area contributed by atoms with Crippen LogP contribution in [0.3, 0.4) is 0 Å². The Morgan fingerprint density at radius 3 is 2.38 bits per heavy atom. The van der Waals surface area contributed by atoms with E-state index in [9.17, 15) is 9.59 Å². The number of methoxy groups -OCH3 is 1. The molecule has 5 nitrogen and oxygen atoms in total. The first-order valence-corrected chi connectivity index (χ1v) is 4.17. The lowest BCUT2D eigenvalue weighted by atomic mass is 10.3. The molecule has 1 atom stereocenters. The number of hydrogen-bond donors (Lipinski definition) is 2. The highest BCUT2D eigenvalue weighted by molar-refractivity contribution is 6.53. The van der Waals surface area contributed by atoms with Gasteiger partial charge in [-0.1, -0.05) is 23.2 Å². The quantitative estimate of drug-likeness (QED) is 0.501. The van der Waals surface area contributed by atoms with Crippen molar-refractivity contribution in [3.8, 4) is 0 Å². The van der Waals surface area contributed by atoms with Crippen LogP contribution < -0.4 is 5.32 Å². The van der Waals surface area contributed by atoms with Crippen molar-refractivity contribution < 1.29 is 19.4 Å². The predicted molar refractivity (Wildman–Crippen MR) is 46.5 cm³/mol. The number of alkyl halides is 2. The van der Waals surface area contributed by atoms with Gasteiger partial charge in [0.25, 0.3) is 5.91 Å². The van der Waals surface area contributed by atoms with Gasteiger partial charge >= 0.3 is 5.97 Å². The summed E-state index contributed by atoms with van der Waals surface area (Å²) in [6, 6.07) is -1.13. The zero-order valence-electron chi connectivity index (χ0n) is 6.79. The number of halogens is 2. The van der Waals surface area contributed by atoms with Gasteiger partial charge in [-0.2, -0.15) is 0 Å². The van der Waals surface area contributed by atoms with Crippen LogP contribution in [-0.4, -0.2) is 41.6 Å². The van der Waals surface area contributed by atoms with E-state index >= 15 is 0 Å². The molecule has 7 heteroatoms. The fraction of sp³-hybridized carbons (Fsp3) is 0.667. The Bertz CT molecular complexity index is 197. The van der Waals surface area contributed by atoms with Crippen LogP contribution in [-0.2, 0) is 14.3 Å². The third-order valence-electron chi connectivity index (χ3n) is 1.18. The first-order valence-electron chi connectivity index (χ1n) is 3.30. The normalized spacial score (nSPS) is 12.4. The van der Waals surface area contributed by atoms with Crippen LogP contribution >= 0.6 is 23.2 Å². The van der Waals surface area contributed by atoms with Gasteiger partial charge < -0.3 is 15.2 Å². The monoisotopic (exact) mass is 229 g/mol. The molecule has 0 heterocycles. The molecule has 0 spiro atoms.